The van der Waals surface area contributed by atoms with E-state index in [1.807, 2.05) is 25.4 Å². The Morgan fingerprint density at radius 3 is 2.96 bits per heavy atom. The summed E-state index contributed by atoms with van der Waals surface area (Å²) in [6.07, 6.45) is 5.99. The molecule has 0 bridgehead atoms. The third kappa shape index (κ3) is 3.25. The van der Waals surface area contributed by atoms with Crippen LogP contribution in [0.1, 0.15) is 16.8 Å². The lowest BCUT2D eigenvalue weighted by Crippen LogP contribution is -2.25. The Morgan fingerprint density at radius 2 is 2.04 bits per heavy atom. The van der Waals surface area contributed by atoms with Crippen molar-refractivity contribution >= 4 is 16.6 Å². The van der Waals surface area contributed by atoms with Gasteiger partial charge in [0, 0.05) is 78.2 Å². The number of fused-ring (bicyclic) bond motifs is 2. The average Bonchev–Trinajstić information content (AvgIpc) is 3.00. The van der Waals surface area contributed by atoms with E-state index in [-0.39, 0.29) is 0 Å². The number of anilines is 1. The highest BCUT2D eigenvalue weighted by molar-refractivity contribution is 5.83. The number of hydrogen-bond donors (Lipinski definition) is 2. The monoisotopic (exact) mass is 369 g/mol. The summed E-state index contributed by atoms with van der Waals surface area (Å²) in [5.41, 5.74) is 8.07. The van der Waals surface area contributed by atoms with Gasteiger partial charge in [0.2, 0.25) is 0 Å². The molecule has 0 unspecified atom stereocenters. The van der Waals surface area contributed by atoms with E-state index in [1.54, 1.807) is 0 Å². The van der Waals surface area contributed by atoms with E-state index in [4.69, 9.17) is 4.98 Å². The second-order valence-electron chi connectivity index (χ2n) is 7.41. The normalized spacial score (nSPS) is 14.5. The molecular formula is C23H23N5. The molecule has 0 amide bonds. The fourth-order valence-corrected chi connectivity index (χ4v) is 3.94. The van der Waals surface area contributed by atoms with Gasteiger partial charge in [0.1, 0.15) is 0 Å². The zero-order valence-electron chi connectivity index (χ0n) is 15.9. The van der Waals surface area contributed by atoms with Gasteiger partial charge < -0.3 is 10.3 Å². The molecule has 0 aliphatic carbocycles. The van der Waals surface area contributed by atoms with E-state index in [0.717, 1.165) is 43.1 Å². The van der Waals surface area contributed by atoms with E-state index >= 15 is 0 Å². The summed E-state index contributed by atoms with van der Waals surface area (Å²) in [7, 11) is 0. The summed E-state index contributed by atoms with van der Waals surface area (Å²) in [6.45, 7) is 5.75. The van der Waals surface area contributed by atoms with Gasteiger partial charge >= 0.3 is 0 Å². The Balaban J connectivity index is 1.40. The molecule has 0 radical (unpaired) electrons. The molecule has 0 fully saturated rings. The van der Waals surface area contributed by atoms with Gasteiger partial charge in [-0.25, -0.2) is 0 Å². The van der Waals surface area contributed by atoms with Crippen LogP contribution >= 0.6 is 0 Å². The van der Waals surface area contributed by atoms with Crippen molar-refractivity contribution < 1.29 is 0 Å². The molecule has 140 valence electrons. The molecule has 5 rings (SSSR count). The Morgan fingerprint density at radius 1 is 1.11 bits per heavy atom. The third-order valence-corrected chi connectivity index (χ3v) is 5.39. The highest BCUT2D eigenvalue weighted by atomic mass is 15.2. The van der Waals surface area contributed by atoms with Crippen molar-refractivity contribution in [2.75, 3.05) is 18.4 Å². The molecule has 0 atom stereocenters. The van der Waals surface area contributed by atoms with E-state index < -0.39 is 0 Å². The van der Waals surface area contributed by atoms with Crippen molar-refractivity contribution in [2.45, 2.75) is 20.0 Å². The summed E-state index contributed by atoms with van der Waals surface area (Å²) < 4.78 is 0. The predicted octanol–water partition coefficient (Wildman–Crippen LogP) is 4.36. The Kier molecular flexibility index (Phi) is 4.29. The first-order chi connectivity index (χ1) is 13.8. The number of aromatic nitrogens is 3. The van der Waals surface area contributed by atoms with Crippen LogP contribution in [0.5, 0.6) is 0 Å². The number of H-pyrrole nitrogens is 1. The van der Waals surface area contributed by atoms with E-state index in [2.05, 4.69) is 62.8 Å². The molecule has 3 aromatic heterocycles. The first-order valence-electron chi connectivity index (χ1n) is 9.69. The molecule has 5 heteroatoms. The van der Waals surface area contributed by atoms with Gasteiger partial charge in [-0.2, -0.15) is 0 Å². The van der Waals surface area contributed by atoms with Gasteiger partial charge in [0.05, 0.1) is 5.69 Å². The van der Waals surface area contributed by atoms with E-state index in [1.165, 1.54) is 27.7 Å². The summed E-state index contributed by atoms with van der Waals surface area (Å²) in [5.74, 6) is 0. The van der Waals surface area contributed by atoms with Crippen LogP contribution in [-0.4, -0.2) is 32.9 Å². The number of pyridine rings is 2. The van der Waals surface area contributed by atoms with Gasteiger partial charge in [0.15, 0.2) is 0 Å². The minimum atomic E-state index is 0.893. The minimum Gasteiger partial charge on any atom is -0.383 e. The number of nitrogens with one attached hydrogen (secondary N) is 2. The smallest absolute Gasteiger partial charge is 0.0723 e. The van der Waals surface area contributed by atoms with Crippen molar-refractivity contribution in [3.8, 4) is 11.3 Å². The fourth-order valence-electron chi connectivity index (χ4n) is 3.94. The summed E-state index contributed by atoms with van der Waals surface area (Å²) in [6, 6.07) is 14.8. The first-order valence-corrected chi connectivity index (χ1v) is 9.69. The van der Waals surface area contributed by atoms with Crippen LogP contribution in [0.25, 0.3) is 22.2 Å². The second kappa shape index (κ2) is 7.09. The zero-order valence-corrected chi connectivity index (χ0v) is 15.9. The van der Waals surface area contributed by atoms with Crippen LogP contribution < -0.4 is 5.32 Å². The van der Waals surface area contributed by atoms with Crippen molar-refractivity contribution in [3.05, 3.63) is 77.9 Å². The van der Waals surface area contributed by atoms with Crippen LogP contribution in [0.15, 0.2) is 61.1 Å². The molecule has 4 aromatic rings. The highest BCUT2D eigenvalue weighted by Gasteiger charge is 2.17. The lowest BCUT2D eigenvalue weighted by atomic mass is 10.1. The van der Waals surface area contributed by atoms with Crippen LogP contribution in [0, 0.1) is 6.92 Å². The lowest BCUT2D eigenvalue weighted by Gasteiger charge is -2.19. The molecule has 5 nitrogen and oxygen atoms in total. The number of rotatable bonds is 3. The van der Waals surface area contributed by atoms with Gasteiger partial charge in [-0.15, -0.1) is 0 Å². The molecule has 0 saturated carbocycles. The second-order valence-corrected chi connectivity index (χ2v) is 7.41. The first kappa shape index (κ1) is 17.0. The minimum absolute atomic E-state index is 0.893. The summed E-state index contributed by atoms with van der Waals surface area (Å²) in [4.78, 5) is 14.9. The van der Waals surface area contributed by atoms with E-state index in [9.17, 15) is 0 Å². The van der Waals surface area contributed by atoms with Crippen LogP contribution in [0.4, 0.5) is 5.69 Å². The van der Waals surface area contributed by atoms with Crippen LogP contribution in [-0.2, 0) is 13.1 Å². The van der Waals surface area contributed by atoms with Crippen molar-refractivity contribution in [3.63, 3.8) is 0 Å². The Bertz CT molecular complexity index is 1130. The van der Waals surface area contributed by atoms with Crippen LogP contribution in [0.2, 0.25) is 0 Å². The molecule has 0 spiro atoms. The SMILES string of the molecule is Cc1cc(-c2cc3c(cn2)CN(Cc2c[nH]c4ccccc24)CCN3)ccn1. The quantitative estimate of drug-likeness (QED) is 0.563. The summed E-state index contributed by atoms with van der Waals surface area (Å²) >= 11 is 0. The predicted molar refractivity (Wildman–Crippen MR) is 113 cm³/mol. The number of nitrogens with zero attached hydrogens (tertiary/aromatic N) is 3. The number of aryl methyl sites for hydroxylation is 1. The molecule has 1 aromatic carbocycles. The van der Waals surface area contributed by atoms with E-state index in [0.29, 0.717) is 0 Å². The van der Waals surface area contributed by atoms with Crippen LogP contribution in [0.3, 0.4) is 0 Å². The summed E-state index contributed by atoms with van der Waals surface area (Å²) in [5, 5.41) is 4.90. The molecule has 0 saturated heterocycles. The third-order valence-electron chi connectivity index (χ3n) is 5.39. The Hall–Kier alpha value is -3.18. The van der Waals surface area contributed by atoms with Gasteiger partial charge in [-0.05, 0) is 36.8 Å². The maximum Gasteiger partial charge on any atom is 0.0723 e. The number of para-hydroxylation sites is 1. The maximum atomic E-state index is 4.73. The van der Waals surface area contributed by atoms with Crippen molar-refractivity contribution in [1.82, 2.24) is 19.9 Å². The topological polar surface area (TPSA) is 56.8 Å². The highest BCUT2D eigenvalue weighted by Crippen LogP contribution is 2.27. The molecule has 4 heterocycles. The standard InChI is InChI=1S/C23H23N5/c1-16-10-17(6-7-24-16)22-11-23-19(13-27-22)15-28(9-8-25-23)14-18-12-26-21-5-3-2-4-20(18)21/h2-7,10-13,25-26H,8-9,14-15H2,1H3. The zero-order chi connectivity index (χ0) is 18.9. The van der Waals surface area contributed by atoms with Crippen molar-refractivity contribution in [1.29, 1.82) is 0 Å². The maximum absolute atomic E-state index is 4.73. The molecular weight excluding hydrogens is 346 g/mol. The van der Waals surface area contributed by atoms with Gasteiger partial charge in [0.25, 0.3) is 0 Å². The number of aromatic amines is 1. The molecule has 1 aliphatic rings. The fraction of sp³-hybridized carbons (Fsp3) is 0.217. The largest absolute Gasteiger partial charge is 0.383 e. The van der Waals surface area contributed by atoms with Crippen molar-refractivity contribution in [2.24, 2.45) is 0 Å². The average molecular weight is 369 g/mol. The number of benzene rings is 1. The molecule has 28 heavy (non-hydrogen) atoms. The lowest BCUT2D eigenvalue weighted by molar-refractivity contribution is 0.272. The molecule has 1 aliphatic heterocycles. The number of hydrogen-bond acceptors (Lipinski definition) is 4. The van der Waals surface area contributed by atoms with Gasteiger partial charge in [-0.3, -0.25) is 14.9 Å². The Labute approximate surface area is 164 Å². The van der Waals surface area contributed by atoms with Gasteiger partial charge in [-0.1, -0.05) is 18.2 Å². The molecule has 2 N–H and O–H groups in total.